The largest absolute Gasteiger partial charge is 0.279 e. The summed E-state index contributed by atoms with van der Waals surface area (Å²) in [6.45, 7) is 0. The van der Waals surface area contributed by atoms with E-state index < -0.39 is 10.0 Å². The van der Waals surface area contributed by atoms with Crippen LogP contribution in [0.15, 0.2) is 44.4 Å². The maximum absolute atomic E-state index is 12.2. The van der Waals surface area contributed by atoms with Gasteiger partial charge in [0, 0.05) is 10.4 Å². The number of anilines is 1. The highest BCUT2D eigenvalue weighted by Crippen LogP contribution is 2.30. The number of rotatable bonds is 4. The molecule has 0 saturated carbocycles. The molecule has 7 heteroatoms. The summed E-state index contributed by atoms with van der Waals surface area (Å²) in [7, 11) is -3.57. The van der Waals surface area contributed by atoms with Crippen molar-refractivity contribution in [3.8, 4) is 0 Å². The molecule has 18 heavy (non-hydrogen) atoms. The Morgan fingerprint density at radius 1 is 1.28 bits per heavy atom. The SMILES string of the molecule is O=S(=O)(Nc1ccccc1CCl)c1sccc1Br. The van der Waals surface area contributed by atoms with Gasteiger partial charge in [0.05, 0.1) is 5.69 Å². The first-order valence-electron chi connectivity index (χ1n) is 4.94. The highest BCUT2D eigenvalue weighted by Gasteiger charge is 2.20. The van der Waals surface area contributed by atoms with E-state index in [1.165, 1.54) is 0 Å². The Morgan fingerprint density at radius 3 is 2.61 bits per heavy atom. The van der Waals surface area contributed by atoms with Gasteiger partial charge in [-0.25, -0.2) is 8.42 Å². The van der Waals surface area contributed by atoms with Gasteiger partial charge in [0.25, 0.3) is 10.0 Å². The van der Waals surface area contributed by atoms with Gasteiger partial charge >= 0.3 is 0 Å². The number of nitrogens with one attached hydrogen (secondary N) is 1. The predicted octanol–water partition coefficient (Wildman–Crippen LogP) is 4.05. The Labute approximate surface area is 123 Å². The van der Waals surface area contributed by atoms with Gasteiger partial charge < -0.3 is 0 Å². The van der Waals surface area contributed by atoms with E-state index in [9.17, 15) is 8.42 Å². The fourth-order valence-corrected chi connectivity index (χ4v) is 5.07. The molecule has 0 aliphatic carbocycles. The summed E-state index contributed by atoms with van der Waals surface area (Å²) in [5.74, 6) is 0.254. The van der Waals surface area contributed by atoms with Crippen LogP contribution in [0, 0.1) is 0 Å². The van der Waals surface area contributed by atoms with E-state index in [1.54, 1.807) is 29.6 Å². The van der Waals surface area contributed by atoms with Gasteiger partial charge in [-0.2, -0.15) is 0 Å². The Kier molecular flexibility index (Phi) is 4.32. The van der Waals surface area contributed by atoms with Crippen LogP contribution in [0.5, 0.6) is 0 Å². The van der Waals surface area contributed by atoms with Gasteiger partial charge in [-0.1, -0.05) is 18.2 Å². The average Bonchev–Trinajstić information content (AvgIpc) is 2.76. The molecule has 3 nitrogen and oxygen atoms in total. The van der Waals surface area contributed by atoms with Crippen molar-refractivity contribution in [1.29, 1.82) is 0 Å². The topological polar surface area (TPSA) is 46.2 Å². The van der Waals surface area contributed by atoms with Crippen molar-refractivity contribution in [3.63, 3.8) is 0 Å². The fraction of sp³-hybridized carbons (Fsp3) is 0.0909. The van der Waals surface area contributed by atoms with Crippen LogP contribution in [0.25, 0.3) is 0 Å². The van der Waals surface area contributed by atoms with Crippen molar-refractivity contribution in [2.45, 2.75) is 10.1 Å². The van der Waals surface area contributed by atoms with E-state index in [4.69, 9.17) is 11.6 Å². The third kappa shape index (κ3) is 2.88. The predicted molar refractivity (Wildman–Crippen MR) is 78.8 cm³/mol. The van der Waals surface area contributed by atoms with Crippen LogP contribution in [0.3, 0.4) is 0 Å². The van der Waals surface area contributed by atoms with Crippen molar-refractivity contribution >= 4 is 54.6 Å². The maximum atomic E-state index is 12.2. The van der Waals surface area contributed by atoms with Crippen molar-refractivity contribution < 1.29 is 8.42 Å². The first-order valence-corrected chi connectivity index (χ1v) is 8.63. The second-order valence-corrected chi connectivity index (χ2v) is 7.37. The van der Waals surface area contributed by atoms with E-state index in [1.807, 2.05) is 6.07 Å². The third-order valence-electron chi connectivity index (χ3n) is 2.23. The van der Waals surface area contributed by atoms with Crippen molar-refractivity contribution in [1.82, 2.24) is 0 Å². The van der Waals surface area contributed by atoms with Gasteiger partial charge in [-0.15, -0.1) is 22.9 Å². The fourth-order valence-electron chi connectivity index (χ4n) is 1.40. The van der Waals surface area contributed by atoms with Crippen molar-refractivity contribution in [2.75, 3.05) is 4.72 Å². The lowest BCUT2D eigenvalue weighted by Gasteiger charge is -2.10. The molecule has 0 fully saturated rings. The van der Waals surface area contributed by atoms with Crippen LogP contribution >= 0.6 is 38.9 Å². The van der Waals surface area contributed by atoms with Gasteiger partial charge in [0.2, 0.25) is 0 Å². The molecule has 0 atom stereocenters. The number of halogens is 2. The van der Waals surface area contributed by atoms with Crippen LogP contribution in [0.2, 0.25) is 0 Å². The Balaban J connectivity index is 2.37. The maximum Gasteiger partial charge on any atom is 0.272 e. The molecule has 0 radical (unpaired) electrons. The normalized spacial score (nSPS) is 11.4. The summed E-state index contributed by atoms with van der Waals surface area (Å²) in [6, 6.07) is 8.76. The lowest BCUT2D eigenvalue weighted by molar-refractivity contribution is 0.603. The molecule has 2 aromatic rings. The number of sulfonamides is 1. The van der Waals surface area contributed by atoms with E-state index in [0.717, 1.165) is 16.9 Å². The molecule has 0 bridgehead atoms. The molecule has 0 unspecified atom stereocenters. The zero-order valence-corrected chi connectivity index (χ0v) is 13.0. The second kappa shape index (κ2) is 5.61. The number of alkyl halides is 1. The minimum Gasteiger partial charge on any atom is -0.279 e. The van der Waals surface area contributed by atoms with Gasteiger partial charge in [0.1, 0.15) is 0 Å². The standard InChI is InChI=1S/C11H9BrClNO2S2/c12-9-5-6-17-11(9)18(15,16)14-10-4-2-1-3-8(10)7-13/h1-6,14H,7H2. The molecule has 2 rings (SSSR count). The molecule has 1 aromatic carbocycles. The average molecular weight is 367 g/mol. The van der Waals surface area contributed by atoms with Crippen molar-refractivity contribution in [2.24, 2.45) is 0 Å². The summed E-state index contributed by atoms with van der Waals surface area (Å²) in [6.07, 6.45) is 0. The van der Waals surface area contributed by atoms with Crippen LogP contribution < -0.4 is 4.72 Å². The smallest absolute Gasteiger partial charge is 0.272 e. The lowest BCUT2D eigenvalue weighted by Crippen LogP contribution is -2.13. The van der Waals surface area contributed by atoms with Crippen LogP contribution in [0.4, 0.5) is 5.69 Å². The van der Waals surface area contributed by atoms with E-state index >= 15 is 0 Å². The second-order valence-electron chi connectivity index (χ2n) is 3.45. The summed E-state index contributed by atoms with van der Waals surface area (Å²) in [5, 5.41) is 1.71. The Morgan fingerprint density at radius 2 is 2.00 bits per heavy atom. The highest BCUT2D eigenvalue weighted by atomic mass is 79.9. The van der Waals surface area contributed by atoms with Gasteiger partial charge in [-0.3, -0.25) is 4.72 Å². The molecule has 0 saturated heterocycles. The number of thiophene rings is 1. The van der Waals surface area contributed by atoms with Gasteiger partial charge in [0.15, 0.2) is 4.21 Å². The number of benzene rings is 1. The molecular formula is C11H9BrClNO2S2. The number of para-hydroxylation sites is 1. The Bertz CT molecular complexity index is 655. The van der Waals surface area contributed by atoms with Crippen LogP contribution in [-0.4, -0.2) is 8.42 Å². The number of hydrogen-bond acceptors (Lipinski definition) is 3. The zero-order valence-electron chi connectivity index (χ0n) is 9.06. The van der Waals surface area contributed by atoms with Crippen LogP contribution in [-0.2, 0) is 15.9 Å². The first kappa shape index (κ1) is 13.9. The molecule has 0 aliphatic rings. The zero-order chi connectivity index (χ0) is 13.2. The third-order valence-corrected chi connectivity index (χ3v) is 6.56. The summed E-state index contributed by atoms with van der Waals surface area (Å²) in [4.78, 5) is 0. The molecule has 96 valence electrons. The minimum atomic E-state index is -3.57. The molecule has 1 N–H and O–H groups in total. The molecule has 0 aliphatic heterocycles. The van der Waals surface area contributed by atoms with E-state index in [-0.39, 0.29) is 10.1 Å². The molecule has 0 spiro atoms. The molecule has 1 aromatic heterocycles. The molecule has 1 heterocycles. The quantitative estimate of drug-likeness (QED) is 0.830. The first-order chi connectivity index (χ1) is 8.54. The monoisotopic (exact) mass is 365 g/mol. The highest BCUT2D eigenvalue weighted by molar-refractivity contribution is 9.10. The van der Waals surface area contributed by atoms with E-state index in [0.29, 0.717) is 10.2 Å². The van der Waals surface area contributed by atoms with Crippen LogP contribution in [0.1, 0.15) is 5.56 Å². The lowest BCUT2D eigenvalue weighted by atomic mass is 10.2. The number of hydrogen-bond donors (Lipinski definition) is 1. The minimum absolute atomic E-state index is 0.254. The van der Waals surface area contributed by atoms with Gasteiger partial charge in [-0.05, 0) is 39.0 Å². The van der Waals surface area contributed by atoms with Crippen molar-refractivity contribution in [3.05, 3.63) is 45.7 Å². The summed E-state index contributed by atoms with van der Waals surface area (Å²) < 4.78 is 27.7. The Hall–Kier alpha value is -0.560. The molecule has 0 amide bonds. The van der Waals surface area contributed by atoms with E-state index in [2.05, 4.69) is 20.7 Å². The summed E-state index contributed by atoms with van der Waals surface area (Å²) in [5.41, 5.74) is 1.25. The summed E-state index contributed by atoms with van der Waals surface area (Å²) >= 11 is 10.2. The molecular weight excluding hydrogens is 358 g/mol.